The molecular weight excluding hydrogens is 735 g/mol. The van der Waals surface area contributed by atoms with Gasteiger partial charge >= 0.3 is 0 Å². The highest BCUT2D eigenvalue weighted by Crippen LogP contribution is 2.48. The molecule has 6 aliphatic heterocycles. The van der Waals surface area contributed by atoms with Crippen molar-refractivity contribution >= 4 is 29.1 Å². The number of phenols is 1. The standard InChI is InChI=1S/C46H49N5O7/c1-56-34-4-2-3-30(21-34)38-27-57-41-22-33(52)9-10-36(41)43(38)29-5-7-31(8-6-29)49-17-15-28(16-18-49)23-48-19-20-50-32(24-48)26-58-44-37-25-51(40-13-14-42(53)47-45(40)54)46(55)35(37)11-12-39(44)50/h2-12,21-22,28,32,38,40,43,52H,13-20,23-27H2,1H3,(H,47,53,54)/t32-,38-,40?,43-/m1/s1. The number of imide groups is 1. The number of nitrogens with zero attached hydrogens (tertiary/aromatic N) is 4. The van der Waals surface area contributed by atoms with Crippen molar-refractivity contribution in [1.29, 1.82) is 0 Å². The molecule has 4 atom stereocenters. The van der Waals surface area contributed by atoms with Crippen molar-refractivity contribution in [2.24, 2.45) is 5.92 Å². The summed E-state index contributed by atoms with van der Waals surface area (Å²) in [5, 5.41) is 12.6. The minimum Gasteiger partial charge on any atom is -0.508 e. The van der Waals surface area contributed by atoms with Crippen molar-refractivity contribution in [2.75, 3.05) is 69.4 Å². The number of hydrogen-bond acceptors (Lipinski definition) is 10. The molecule has 3 amide bonds. The number of amides is 3. The third-order valence-corrected chi connectivity index (χ3v) is 13.4. The van der Waals surface area contributed by atoms with E-state index in [1.807, 2.05) is 30.3 Å². The second-order valence-corrected chi connectivity index (χ2v) is 16.7. The SMILES string of the molecule is COc1cccc([C@H]2COc3cc(O)ccc3[C@H]2c2ccc(N3CCC(CN4CCN5c6ccc7c(c6OC[C@H]5C4)CN(C4CCC(=O)NC4=O)C7=O)CC3)cc2)c1. The van der Waals surface area contributed by atoms with Crippen molar-refractivity contribution in [3.63, 3.8) is 0 Å². The van der Waals surface area contributed by atoms with Crippen molar-refractivity contribution in [1.82, 2.24) is 15.1 Å². The largest absolute Gasteiger partial charge is 0.508 e. The summed E-state index contributed by atoms with van der Waals surface area (Å²) in [6.45, 7) is 7.32. The van der Waals surface area contributed by atoms with Crippen LogP contribution in [0.3, 0.4) is 0 Å². The summed E-state index contributed by atoms with van der Waals surface area (Å²) in [4.78, 5) is 46.9. The predicted molar refractivity (Wildman–Crippen MR) is 218 cm³/mol. The highest BCUT2D eigenvalue weighted by molar-refractivity contribution is 6.06. The number of methoxy groups -OCH3 is 1. The number of hydrogen-bond donors (Lipinski definition) is 2. The molecule has 0 saturated carbocycles. The highest BCUT2D eigenvalue weighted by Gasteiger charge is 2.43. The first-order valence-corrected chi connectivity index (χ1v) is 20.7. The minimum atomic E-state index is -0.641. The van der Waals surface area contributed by atoms with Crippen LogP contribution in [0, 0.1) is 5.92 Å². The number of aromatic hydroxyl groups is 1. The summed E-state index contributed by atoms with van der Waals surface area (Å²) in [7, 11) is 1.69. The van der Waals surface area contributed by atoms with Gasteiger partial charge in [0, 0.05) is 86.0 Å². The third-order valence-electron chi connectivity index (χ3n) is 13.4. The van der Waals surface area contributed by atoms with Crippen LogP contribution < -0.4 is 29.3 Å². The Morgan fingerprint density at radius 2 is 1.69 bits per heavy atom. The molecule has 12 heteroatoms. The number of nitrogens with one attached hydrogen (secondary N) is 1. The Hall–Kier alpha value is -5.75. The molecule has 10 rings (SSSR count). The van der Waals surface area contributed by atoms with Gasteiger partial charge in [-0.3, -0.25) is 24.6 Å². The van der Waals surface area contributed by atoms with Crippen LogP contribution in [0.4, 0.5) is 11.4 Å². The van der Waals surface area contributed by atoms with Gasteiger partial charge in [-0.1, -0.05) is 30.3 Å². The Balaban J connectivity index is 0.762. The van der Waals surface area contributed by atoms with E-state index < -0.39 is 11.9 Å². The summed E-state index contributed by atoms with van der Waals surface area (Å²) >= 11 is 0. The van der Waals surface area contributed by atoms with Crippen LogP contribution in [-0.4, -0.2) is 104 Å². The van der Waals surface area contributed by atoms with Crippen LogP contribution in [0.2, 0.25) is 0 Å². The molecule has 3 fully saturated rings. The van der Waals surface area contributed by atoms with Gasteiger partial charge in [0.25, 0.3) is 5.91 Å². The molecule has 300 valence electrons. The van der Waals surface area contributed by atoms with E-state index in [9.17, 15) is 19.5 Å². The fourth-order valence-electron chi connectivity index (χ4n) is 10.3. The number of piperidine rings is 2. The topological polar surface area (TPSA) is 124 Å². The molecule has 0 aromatic heterocycles. The fourth-order valence-corrected chi connectivity index (χ4v) is 10.3. The first-order valence-electron chi connectivity index (χ1n) is 20.7. The van der Waals surface area contributed by atoms with Gasteiger partial charge in [-0.15, -0.1) is 0 Å². The monoisotopic (exact) mass is 783 g/mol. The Morgan fingerprint density at radius 1 is 0.845 bits per heavy atom. The Labute approximate surface area is 338 Å². The number of ether oxygens (including phenoxy) is 3. The average molecular weight is 784 g/mol. The first kappa shape index (κ1) is 36.6. The number of carbonyl (C=O) groups is 3. The summed E-state index contributed by atoms with van der Waals surface area (Å²) in [6.07, 6.45) is 2.87. The van der Waals surface area contributed by atoms with Gasteiger partial charge in [-0.05, 0) is 78.8 Å². The van der Waals surface area contributed by atoms with Crippen molar-refractivity contribution in [3.05, 3.63) is 107 Å². The molecule has 2 N–H and O–H groups in total. The molecule has 0 spiro atoms. The first-order chi connectivity index (χ1) is 28.3. The van der Waals surface area contributed by atoms with E-state index in [1.165, 1.54) is 11.3 Å². The molecule has 6 aliphatic rings. The van der Waals surface area contributed by atoms with E-state index in [2.05, 4.69) is 56.4 Å². The van der Waals surface area contributed by atoms with E-state index in [4.69, 9.17) is 14.2 Å². The molecule has 12 nitrogen and oxygen atoms in total. The predicted octanol–water partition coefficient (Wildman–Crippen LogP) is 5.27. The highest BCUT2D eigenvalue weighted by atomic mass is 16.5. The second-order valence-electron chi connectivity index (χ2n) is 16.7. The van der Waals surface area contributed by atoms with Gasteiger partial charge in [0.05, 0.1) is 32.0 Å². The number of fused-ring (bicyclic) bond motifs is 6. The van der Waals surface area contributed by atoms with Crippen molar-refractivity contribution in [2.45, 2.75) is 56.1 Å². The van der Waals surface area contributed by atoms with Crippen LogP contribution in [0.15, 0.2) is 78.9 Å². The lowest BCUT2D eigenvalue weighted by atomic mass is 9.76. The molecule has 4 aromatic rings. The zero-order valence-corrected chi connectivity index (χ0v) is 32.8. The average Bonchev–Trinajstić information content (AvgIpc) is 3.59. The van der Waals surface area contributed by atoms with Gasteiger partial charge in [0.1, 0.15) is 35.6 Å². The van der Waals surface area contributed by atoms with Crippen LogP contribution in [0.5, 0.6) is 23.0 Å². The van der Waals surface area contributed by atoms with Crippen LogP contribution >= 0.6 is 0 Å². The summed E-state index contributed by atoms with van der Waals surface area (Å²) < 4.78 is 18.2. The molecule has 6 heterocycles. The van der Waals surface area contributed by atoms with Crippen molar-refractivity contribution in [3.8, 4) is 23.0 Å². The van der Waals surface area contributed by atoms with E-state index >= 15 is 0 Å². The van der Waals surface area contributed by atoms with E-state index in [-0.39, 0.29) is 41.9 Å². The van der Waals surface area contributed by atoms with Gasteiger partial charge in [0.15, 0.2) is 0 Å². The lowest BCUT2D eigenvalue weighted by molar-refractivity contribution is -0.136. The quantitative estimate of drug-likeness (QED) is 0.240. The lowest BCUT2D eigenvalue weighted by Gasteiger charge is -2.47. The normalized spacial score (nSPS) is 24.6. The zero-order chi connectivity index (χ0) is 39.5. The summed E-state index contributed by atoms with van der Waals surface area (Å²) in [5.41, 5.74) is 7.18. The number of piperazine rings is 1. The smallest absolute Gasteiger partial charge is 0.255 e. The zero-order valence-electron chi connectivity index (χ0n) is 32.8. The van der Waals surface area contributed by atoms with Gasteiger partial charge < -0.3 is 34.0 Å². The second kappa shape index (κ2) is 14.9. The van der Waals surface area contributed by atoms with E-state index in [0.717, 1.165) is 91.7 Å². The van der Waals surface area contributed by atoms with Crippen LogP contribution in [0.1, 0.15) is 70.1 Å². The fraction of sp³-hybridized carbons (Fsp3) is 0.413. The van der Waals surface area contributed by atoms with Crippen LogP contribution in [0.25, 0.3) is 0 Å². The van der Waals surface area contributed by atoms with E-state index in [0.29, 0.717) is 37.7 Å². The van der Waals surface area contributed by atoms with E-state index in [1.54, 1.807) is 24.1 Å². The number of anilines is 2. The molecule has 1 unspecified atom stereocenters. The number of carbonyl (C=O) groups excluding carboxylic acids is 3. The maximum Gasteiger partial charge on any atom is 0.255 e. The lowest BCUT2D eigenvalue weighted by Crippen LogP contribution is -2.58. The van der Waals surface area contributed by atoms with Gasteiger partial charge in [-0.2, -0.15) is 0 Å². The molecule has 0 radical (unpaired) electrons. The maximum absolute atomic E-state index is 13.4. The van der Waals surface area contributed by atoms with Gasteiger partial charge in [0.2, 0.25) is 11.8 Å². The third kappa shape index (κ3) is 6.57. The Kier molecular flexibility index (Phi) is 9.39. The molecule has 58 heavy (non-hydrogen) atoms. The number of phenolic OH excluding ortho intramolecular Hbond substituents is 1. The van der Waals surface area contributed by atoms with Crippen LogP contribution in [-0.2, 0) is 16.1 Å². The minimum absolute atomic E-state index is 0.0695. The molecule has 0 aliphatic carbocycles. The summed E-state index contributed by atoms with van der Waals surface area (Å²) in [5.74, 6) is 2.46. The van der Waals surface area contributed by atoms with Gasteiger partial charge in [-0.25, -0.2) is 0 Å². The maximum atomic E-state index is 13.4. The number of rotatable bonds is 7. The molecule has 3 saturated heterocycles. The van der Waals surface area contributed by atoms with Crippen molar-refractivity contribution < 1.29 is 33.7 Å². The number of benzene rings is 4. The molecule has 4 aromatic carbocycles. The summed E-state index contributed by atoms with van der Waals surface area (Å²) in [6, 6.07) is 26.3. The molecule has 0 bridgehead atoms. The Morgan fingerprint density at radius 3 is 2.50 bits per heavy atom. The molecular formula is C46H49N5O7. The Bertz CT molecular complexity index is 2260.